The molecule has 1 aromatic rings. The third-order valence-electron chi connectivity index (χ3n) is 1.22. The molecule has 0 heterocycles. The zero-order chi connectivity index (χ0) is 8.27. The van der Waals surface area contributed by atoms with Crippen LogP contribution < -0.4 is 11.1 Å². The van der Waals surface area contributed by atoms with Gasteiger partial charge in [0.2, 0.25) is 0 Å². The fourth-order valence-corrected chi connectivity index (χ4v) is 1.10. The first-order valence-electron chi connectivity index (χ1n) is 3.13. The molecule has 11 heavy (non-hydrogen) atoms. The molecule has 0 atom stereocenters. The Morgan fingerprint density at radius 2 is 2.09 bits per heavy atom. The Kier molecular flexibility index (Phi) is 3.00. The van der Waals surface area contributed by atoms with Gasteiger partial charge in [0.15, 0.2) is 0 Å². The van der Waals surface area contributed by atoms with Gasteiger partial charge in [-0.2, -0.15) is 0 Å². The minimum Gasteiger partial charge on any atom is -0.371 e. The highest BCUT2D eigenvalue weighted by Crippen LogP contribution is 2.24. The molecule has 0 aliphatic heterocycles. The van der Waals surface area contributed by atoms with E-state index >= 15 is 0 Å². The second-order valence-electron chi connectivity index (χ2n) is 2.01. The smallest absolute Gasteiger partial charge is 0.0638 e. The topological polar surface area (TPSA) is 38.0 Å². The Balaban J connectivity index is 2.93. The number of nitrogens with two attached hydrogens (primary N) is 1. The molecule has 0 bridgehead atoms. The largest absolute Gasteiger partial charge is 0.371 e. The predicted molar refractivity (Wildman–Crippen MR) is 49.1 cm³/mol. The number of hydrogen-bond donors (Lipinski definition) is 2. The van der Waals surface area contributed by atoms with Crippen LogP contribution in [0.1, 0.15) is 0 Å². The van der Waals surface area contributed by atoms with Crippen molar-refractivity contribution in [2.24, 2.45) is 5.73 Å². The van der Waals surface area contributed by atoms with Crippen LogP contribution in [-0.2, 0) is 0 Å². The van der Waals surface area contributed by atoms with Crippen molar-refractivity contribution in [2.45, 2.75) is 0 Å². The van der Waals surface area contributed by atoms with Crippen molar-refractivity contribution in [3.63, 3.8) is 0 Å². The highest BCUT2D eigenvalue weighted by Gasteiger charge is 1.97. The molecule has 0 aliphatic rings. The van der Waals surface area contributed by atoms with Crippen LogP contribution in [0.15, 0.2) is 18.2 Å². The van der Waals surface area contributed by atoms with E-state index in [0.717, 1.165) is 5.69 Å². The Morgan fingerprint density at radius 3 is 2.73 bits per heavy atom. The minimum absolute atomic E-state index is 0.347. The van der Waals surface area contributed by atoms with Crippen LogP contribution in [0, 0.1) is 0 Å². The third kappa shape index (κ3) is 2.26. The van der Waals surface area contributed by atoms with Gasteiger partial charge in [0.1, 0.15) is 0 Å². The molecule has 0 aliphatic carbocycles. The number of nitrogens with one attached hydrogen (secondary N) is 1. The molecule has 0 fully saturated rings. The molecule has 4 heteroatoms. The van der Waals surface area contributed by atoms with E-state index in [0.29, 0.717) is 16.7 Å². The Labute approximate surface area is 75.3 Å². The van der Waals surface area contributed by atoms with Crippen LogP contribution in [0.5, 0.6) is 0 Å². The zero-order valence-electron chi connectivity index (χ0n) is 5.77. The van der Waals surface area contributed by atoms with Crippen molar-refractivity contribution in [1.29, 1.82) is 0 Å². The first kappa shape index (κ1) is 8.65. The highest BCUT2D eigenvalue weighted by atomic mass is 35.5. The molecule has 0 saturated heterocycles. The molecule has 0 aromatic heterocycles. The first-order valence-corrected chi connectivity index (χ1v) is 3.88. The van der Waals surface area contributed by atoms with Crippen molar-refractivity contribution in [1.82, 2.24) is 0 Å². The molecule has 0 saturated carbocycles. The van der Waals surface area contributed by atoms with Gasteiger partial charge in [-0.25, -0.2) is 0 Å². The van der Waals surface area contributed by atoms with Crippen LogP contribution >= 0.6 is 23.2 Å². The number of rotatable bonds is 2. The Bertz CT molecular complexity index is 250. The summed E-state index contributed by atoms with van der Waals surface area (Å²) in [5.41, 5.74) is 6.03. The zero-order valence-corrected chi connectivity index (χ0v) is 7.28. The average molecular weight is 191 g/mol. The van der Waals surface area contributed by atoms with Crippen molar-refractivity contribution in [2.75, 3.05) is 12.0 Å². The Hall–Kier alpha value is -0.440. The molecule has 0 unspecified atom stereocenters. The summed E-state index contributed by atoms with van der Waals surface area (Å²) in [6.45, 7) is 0.347. The molecular formula is C7H8Cl2N2. The number of anilines is 1. The second kappa shape index (κ2) is 3.81. The van der Waals surface area contributed by atoms with Gasteiger partial charge >= 0.3 is 0 Å². The molecule has 2 nitrogen and oxygen atoms in total. The van der Waals surface area contributed by atoms with Crippen LogP contribution in [0.2, 0.25) is 10.0 Å². The lowest BCUT2D eigenvalue weighted by molar-refractivity contribution is 1.14. The molecule has 0 amide bonds. The maximum absolute atomic E-state index is 5.80. The van der Waals surface area contributed by atoms with Crippen molar-refractivity contribution >= 4 is 28.9 Å². The monoisotopic (exact) mass is 190 g/mol. The van der Waals surface area contributed by atoms with E-state index in [-0.39, 0.29) is 0 Å². The SMILES string of the molecule is NCNc1cc(Cl)ccc1Cl. The maximum atomic E-state index is 5.80. The molecular weight excluding hydrogens is 183 g/mol. The highest BCUT2D eigenvalue weighted by molar-refractivity contribution is 6.35. The Morgan fingerprint density at radius 1 is 1.36 bits per heavy atom. The van der Waals surface area contributed by atoms with E-state index in [2.05, 4.69) is 5.32 Å². The second-order valence-corrected chi connectivity index (χ2v) is 2.85. The summed E-state index contributed by atoms with van der Waals surface area (Å²) < 4.78 is 0. The van der Waals surface area contributed by atoms with E-state index in [1.165, 1.54) is 0 Å². The van der Waals surface area contributed by atoms with Gasteiger partial charge in [-0.3, -0.25) is 0 Å². The molecule has 0 spiro atoms. The fourth-order valence-electron chi connectivity index (χ4n) is 0.743. The number of benzene rings is 1. The van der Waals surface area contributed by atoms with E-state index in [1.54, 1.807) is 18.2 Å². The van der Waals surface area contributed by atoms with Gasteiger partial charge in [-0.15, -0.1) is 0 Å². The van der Waals surface area contributed by atoms with Gasteiger partial charge in [0.05, 0.1) is 17.4 Å². The molecule has 1 rings (SSSR count). The van der Waals surface area contributed by atoms with Gasteiger partial charge in [-0.05, 0) is 18.2 Å². The summed E-state index contributed by atoms with van der Waals surface area (Å²) in [5.74, 6) is 0. The standard InChI is InChI=1S/C7H8Cl2N2/c8-5-1-2-6(9)7(3-5)11-4-10/h1-3,11H,4,10H2. The first-order chi connectivity index (χ1) is 5.24. The fraction of sp³-hybridized carbons (Fsp3) is 0.143. The lowest BCUT2D eigenvalue weighted by Gasteiger charge is -2.04. The summed E-state index contributed by atoms with van der Waals surface area (Å²) in [6.07, 6.45) is 0. The molecule has 3 N–H and O–H groups in total. The lowest BCUT2D eigenvalue weighted by atomic mass is 10.3. The van der Waals surface area contributed by atoms with Gasteiger partial charge < -0.3 is 11.1 Å². The van der Waals surface area contributed by atoms with E-state index in [1.807, 2.05) is 0 Å². The summed E-state index contributed by atoms with van der Waals surface area (Å²) in [5, 5.41) is 4.15. The van der Waals surface area contributed by atoms with E-state index in [4.69, 9.17) is 28.9 Å². The number of halogens is 2. The molecule has 1 aromatic carbocycles. The molecule has 60 valence electrons. The van der Waals surface area contributed by atoms with Crippen molar-refractivity contribution in [3.05, 3.63) is 28.2 Å². The van der Waals surface area contributed by atoms with E-state index < -0.39 is 0 Å². The number of hydrogen-bond acceptors (Lipinski definition) is 2. The minimum atomic E-state index is 0.347. The van der Waals surface area contributed by atoms with Crippen molar-refractivity contribution in [3.8, 4) is 0 Å². The average Bonchev–Trinajstić information content (AvgIpc) is 1.98. The summed E-state index contributed by atoms with van der Waals surface area (Å²) in [6, 6.07) is 5.18. The van der Waals surface area contributed by atoms with Crippen LogP contribution in [0.3, 0.4) is 0 Å². The third-order valence-corrected chi connectivity index (χ3v) is 1.79. The van der Waals surface area contributed by atoms with Crippen LogP contribution in [-0.4, -0.2) is 6.67 Å². The van der Waals surface area contributed by atoms with Crippen molar-refractivity contribution < 1.29 is 0 Å². The summed E-state index contributed by atoms with van der Waals surface area (Å²) in [7, 11) is 0. The summed E-state index contributed by atoms with van der Waals surface area (Å²) >= 11 is 11.5. The van der Waals surface area contributed by atoms with Gasteiger partial charge in [0.25, 0.3) is 0 Å². The van der Waals surface area contributed by atoms with Gasteiger partial charge in [0, 0.05) is 5.02 Å². The quantitative estimate of drug-likeness (QED) is 0.704. The lowest BCUT2D eigenvalue weighted by Crippen LogP contribution is -2.10. The predicted octanol–water partition coefficient (Wildman–Crippen LogP) is 2.32. The van der Waals surface area contributed by atoms with Gasteiger partial charge in [-0.1, -0.05) is 23.2 Å². The van der Waals surface area contributed by atoms with Crippen LogP contribution in [0.4, 0.5) is 5.69 Å². The molecule has 0 radical (unpaired) electrons. The normalized spacial score (nSPS) is 9.73. The van der Waals surface area contributed by atoms with Crippen LogP contribution in [0.25, 0.3) is 0 Å². The van der Waals surface area contributed by atoms with E-state index in [9.17, 15) is 0 Å². The maximum Gasteiger partial charge on any atom is 0.0638 e. The summed E-state index contributed by atoms with van der Waals surface area (Å²) in [4.78, 5) is 0.